The first-order chi connectivity index (χ1) is 8.16. The second-order valence-corrected chi connectivity index (χ2v) is 4.82. The van der Waals surface area contributed by atoms with E-state index in [-0.39, 0.29) is 6.42 Å². The van der Waals surface area contributed by atoms with Crippen LogP contribution in [0.4, 0.5) is 0 Å². The van der Waals surface area contributed by atoms with Gasteiger partial charge in [0, 0.05) is 11.4 Å². The maximum atomic E-state index is 10.5. The van der Waals surface area contributed by atoms with Gasteiger partial charge in [0.05, 0.1) is 22.5 Å². The molecule has 0 aliphatic heterocycles. The summed E-state index contributed by atoms with van der Waals surface area (Å²) in [6, 6.07) is 7.47. The average Bonchev–Trinajstić information content (AvgIpc) is 2.75. The van der Waals surface area contributed by atoms with Crippen LogP contribution in [0.15, 0.2) is 29.8 Å². The number of carboxylic acids is 1. The summed E-state index contributed by atoms with van der Waals surface area (Å²) in [7, 11) is 0. The lowest BCUT2D eigenvalue weighted by atomic mass is 10.1. The number of hydrogen-bond acceptors (Lipinski definition) is 3. The summed E-state index contributed by atoms with van der Waals surface area (Å²) in [6.45, 7) is 0. The Bertz CT molecular complexity index is 522. The molecule has 0 aliphatic rings. The van der Waals surface area contributed by atoms with Crippen LogP contribution >= 0.6 is 22.9 Å². The molecule has 2 rings (SSSR count). The van der Waals surface area contributed by atoms with Crippen molar-refractivity contribution in [3.8, 4) is 10.4 Å². The van der Waals surface area contributed by atoms with E-state index in [0.717, 1.165) is 16.1 Å². The number of thiazole rings is 1. The third kappa shape index (κ3) is 3.05. The zero-order valence-corrected chi connectivity index (χ0v) is 10.5. The van der Waals surface area contributed by atoms with Crippen LogP contribution in [0.2, 0.25) is 5.02 Å². The van der Waals surface area contributed by atoms with E-state index in [2.05, 4.69) is 4.98 Å². The molecule has 1 heterocycles. The predicted molar refractivity (Wildman–Crippen MR) is 68.5 cm³/mol. The summed E-state index contributed by atoms with van der Waals surface area (Å²) in [6.07, 6.45) is 0.557. The minimum Gasteiger partial charge on any atom is -0.481 e. The fourth-order valence-corrected chi connectivity index (χ4v) is 2.48. The lowest BCUT2D eigenvalue weighted by molar-refractivity contribution is -0.136. The number of rotatable bonds is 4. The van der Waals surface area contributed by atoms with E-state index < -0.39 is 5.97 Å². The van der Waals surface area contributed by atoms with Gasteiger partial charge < -0.3 is 5.11 Å². The van der Waals surface area contributed by atoms with E-state index in [9.17, 15) is 4.79 Å². The second kappa shape index (κ2) is 5.29. The maximum absolute atomic E-state index is 10.5. The van der Waals surface area contributed by atoms with Gasteiger partial charge in [0.25, 0.3) is 0 Å². The summed E-state index contributed by atoms with van der Waals surface area (Å²) in [5.41, 5.74) is 3.60. The molecule has 0 saturated carbocycles. The highest BCUT2D eigenvalue weighted by atomic mass is 35.5. The quantitative estimate of drug-likeness (QED) is 0.923. The van der Waals surface area contributed by atoms with E-state index in [4.69, 9.17) is 16.7 Å². The molecular weight excluding hydrogens is 258 g/mol. The van der Waals surface area contributed by atoms with Gasteiger partial charge in [0.2, 0.25) is 0 Å². The van der Waals surface area contributed by atoms with Gasteiger partial charge in [-0.1, -0.05) is 23.7 Å². The molecule has 1 N–H and O–H groups in total. The molecule has 0 atom stereocenters. The molecule has 17 heavy (non-hydrogen) atoms. The second-order valence-electron chi connectivity index (χ2n) is 3.53. The van der Waals surface area contributed by atoms with Crippen molar-refractivity contribution in [1.82, 2.24) is 4.98 Å². The Morgan fingerprint density at radius 3 is 2.71 bits per heavy atom. The van der Waals surface area contributed by atoms with Crippen LogP contribution < -0.4 is 0 Å². The Balaban J connectivity index is 2.24. The Labute approximate surface area is 108 Å². The highest BCUT2D eigenvalue weighted by Crippen LogP contribution is 2.29. The van der Waals surface area contributed by atoms with E-state index in [0.29, 0.717) is 11.4 Å². The average molecular weight is 268 g/mol. The van der Waals surface area contributed by atoms with Crippen molar-refractivity contribution in [3.05, 3.63) is 40.5 Å². The van der Waals surface area contributed by atoms with Crippen molar-refractivity contribution in [3.63, 3.8) is 0 Å². The van der Waals surface area contributed by atoms with E-state index in [1.165, 1.54) is 11.3 Å². The SMILES string of the molecule is O=C(O)CCc1ncsc1-c1ccc(Cl)cc1. The van der Waals surface area contributed by atoms with Crippen LogP contribution in [-0.2, 0) is 11.2 Å². The molecule has 0 unspecified atom stereocenters. The van der Waals surface area contributed by atoms with Crippen LogP contribution in [-0.4, -0.2) is 16.1 Å². The van der Waals surface area contributed by atoms with Gasteiger partial charge >= 0.3 is 5.97 Å². The molecule has 5 heteroatoms. The number of halogens is 1. The number of benzene rings is 1. The summed E-state index contributed by atoms with van der Waals surface area (Å²) >= 11 is 7.34. The molecule has 0 bridgehead atoms. The molecule has 0 fully saturated rings. The zero-order valence-electron chi connectivity index (χ0n) is 8.89. The lowest BCUT2D eigenvalue weighted by Gasteiger charge is -2.01. The number of aliphatic carboxylic acids is 1. The fourth-order valence-electron chi connectivity index (χ4n) is 1.51. The van der Waals surface area contributed by atoms with Crippen molar-refractivity contribution in [1.29, 1.82) is 0 Å². The first-order valence-electron chi connectivity index (χ1n) is 5.07. The minimum absolute atomic E-state index is 0.102. The normalized spacial score (nSPS) is 10.4. The third-order valence-electron chi connectivity index (χ3n) is 2.32. The lowest BCUT2D eigenvalue weighted by Crippen LogP contribution is -1.98. The molecule has 1 aromatic heterocycles. The maximum Gasteiger partial charge on any atom is 0.303 e. The smallest absolute Gasteiger partial charge is 0.303 e. The van der Waals surface area contributed by atoms with Gasteiger partial charge in [0.1, 0.15) is 0 Å². The summed E-state index contributed by atoms with van der Waals surface area (Å²) in [5, 5.41) is 9.35. The number of nitrogens with zero attached hydrogens (tertiary/aromatic N) is 1. The van der Waals surface area contributed by atoms with Gasteiger partial charge in [-0.2, -0.15) is 0 Å². The highest BCUT2D eigenvalue weighted by Gasteiger charge is 2.10. The van der Waals surface area contributed by atoms with Crippen LogP contribution in [0.1, 0.15) is 12.1 Å². The van der Waals surface area contributed by atoms with E-state index in [1.807, 2.05) is 24.3 Å². The van der Waals surface area contributed by atoms with Crippen molar-refractivity contribution >= 4 is 28.9 Å². The highest BCUT2D eigenvalue weighted by molar-refractivity contribution is 7.13. The fraction of sp³-hybridized carbons (Fsp3) is 0.167. The molecule has 2 aromatic rings. The molecule has 0 aliphatic carbocycles. The summed E-state index contributed by atoms with van der Waals surface area (Å²) < 4.78 is 0. The molecule has 0 amide bonds. The first kappa shape index (κ1) is 12.1. The zero-order chi connectivity index (χ0) is 12.3. The Hall–Kier alpha value is -1.39. The predicted octanol–water partition coefficient (Wildman–Crippen LogP) is 3.48. The van der Waals surface area contributed by atoms with Crippen molar-refractivity contribution < 1.29 is 9.90 Å². The topological polar surface area (TPSA) is 50.2 Å². The van der Waals surface area contributed by atoms with Gasteiger partial charge in [-0.15, -0.1) is 11.3 Å². The van der Waals surface area contributed by atoms with E-state index in [1.54, 1.807) is 5.51 Å². The van der Waals surface area contributed by atoms with Crippen molar-refractivity contribution in [2.75, 3.05) is 0 Å². The number of aromatic nitrogens is 1. The number of carbonyl (C=O) groups is 1. The van der Waals surface area contributed by atoms with Crippen LogP contribution in [0.5, 0.6) is 0 Å². The monoisotopic (exact) mass is 267 g/mol. The molecule has 88 valence electrons. The summed E-state index contributed by atoms with van der Waals surface area (Å²) in [4.78, 5) is 15.8. The van der Waals surface area contributed by atoms with Crippen LogP contribution in [0, 0.1) is 0 Å². The number of carboxylic acid groups (broad SMARTS) is 1. The number of hydrogen-bond donors (Lipinski definition) is 1. The van der Waals surface area contributed by atoms with Gasteiger partial charge in [-0.3, -0.25) is 4.79 Å². The van der Waals surface area contributed by atoms with Crippen molar-refractivity contribution in [2.45, 2.75) is 12.8 Å². The van der Waals surface area contributed by atoms with Gasteiger partial charge in [-0.05, 0) is 17.7 Å². The molecule has 0 spiro atoms. The molecule has 1 aromatic carbocycles. The molecule has 3 nitrogen and oxygen atoms in total. The first-order valence-corrected chi connectivity index (χ1v) is 6.32. The minimum atomic E-state index is -0.806. The Morgan fingerprint density at radius 2 is 2.06 bits per heavy atom. The third-order valence-corrected chi connectivity index (χ3v) is 3.49. The van der Waals surface area contributed by atoms with Crippen LogP contribution in [0.3, 0.4) is 0 Å². The van der Waals surface area contributed by atoms with Crippen LogP contribution in [0.25, 0.3) is 10.4 Å². The van der Waals surface area contributed by atoms with Gasteiger partial charge in [0.15, 0.2) is 0 Å². The largest absolute Gasteiger partial charge is 0.481 e. The molecule has 0 radical (unpaired) electrons. The molecule has 0 saturated heterocycles. The Kier molecular flexibility index (Phi) is 3.76. The summed E-state index contributed by atoms with van der Waals surface area (Å²) in [5.74, 6) is -0.806. The van der Waals surface area contributed by atoms with Gasteiger partial charge in [-0.25, -0.2) is 4.98 Å². The Morgan fingerprint density at radius 1 is 1.35 bits per heavy atom. The van der Waals surface area contributed by atoms with E-state index >= 15 is 0 Å². The standard InChI is InChI=1S/C12H10ClNO2S/c13-9-3-1-8(2-4-9)12-10(14-7-17-12)5-6-11(15)16/h1-4,7H,5-6H2,(H,15,16). The molecular formula is C12H10ClNO2S. The number of aryl methyl sites for hydroxylation is 1. The van der Waals surface area contributed by atoms with Crippen molar-refractivity contribution in [2.24, 2.45) is 0 Å².